The number of aromatic nitrogens is 1. The normalized spacial score (nSPS) is 51.6. The number of epoxide rings is 1. The van der Waals surface area contributed by atoms with Crippen molar-refractivity contribution in [1.82, 2.24) is 4.98 Å². The molecular formula is C28H33NO5. The Morgan fingerprint density at radius 1 is 1.09 bits per heavy atom. The number of aromatic amines is 1. The first-order valence-corrected chi connectivity index (χ1v) is 12.8. The van der Waals surface area contributed by atoms with E-state index >= 15 is 0 Å². The highest BCUT2D eigenvalue weighted by Gasteiger charge is 2.80. The van der Waals surface area contributed by atoms with Crippen molar-refractivity contribution in [1.29, 1.82) is 0 Å². The summed E-state index contributed by atoms with van der Waals surface area (Å²) in [4.78, 5) is 3.75. The SMILES string of the molecule is CC1(C)O[C@@]23CC[C@]4(C)[C@@]5(C)c6[nH]c7ccccc7c6C[C@@H]5C[C@H](O)[C@@]4(O)C2=C[C@]2(CO2)[C@@H]1O3. The lowest BCUT2D eigenvalue weighted by molar-refractivity contribution is -0.276. The predicted octanol–water partition coefficient (Wildman–Crippen LogP) is 3.49. The zero-order valence-corrected chi connectivity index (χ0v) is 20.3. The summed E-state index contributed by atoms with van der Waals surface area (Å²) in [6, 6.07) is 8.48. The smallest absolute Gasteiger partial charge is 0.195 e. The fourth-order valence-electron chi connectivity index (χ4n) is 9.14. The molecule has 34 heavy (non-hydrogen) atoms. The molecule has 6 heteroatoms. The molecule has 2 bridgehead atoms. The van der Waals surface area contributed by atoms with Gasteiger partial charge in [0.15, 0.2) is 5.79 Å². The maximum absolute atomic E-state index is 12.8. The van der Waals surface area contributed by atoms with Gasteiger partial charge in [0.25, 0.3) is 0 Å². The molecular weight excluding hydrogens is 430 g/mol. The minimum atomic E-state index is -1.49. The summed E-state index contributed by atoms with van der Waals surface area (Å²) >= 11 is 0. The van der Waals surface area contributed by atoms with Gasteiger partial charge >= 0.3 is 0 Å². The average molecular weight is 464 g/mol. The Hall–Kier alpha value is -1.70. The van der Waals surface area contributed by atoms with Crippen molar-refractivity contribution in [3.8, 4) is 0 Å². The molecule has 2 saturated carbocycles. The molecule has 0 radical (unpaired) electrons. The van der Waals surface area contributed by atoms with Gasteiger partial charge in [0.2, 0.25) is 0 Å². The highest BCUT2D eigenvalue weighted by atomic mass is 16.8. The lowest BCUT2D eigenvalue weighted by Crippen LogP contribution is -2.74. The molecule has 8 rings (SSSR count). The van der Waals surface area contributed by atoms with Gasteiger partial charge in [-0.3, -0.25) is 0 Å². The van der Waals surface area contributed by atoms with Crippen LogP contribution in [0.15, 0.2) is 35.9 Å². The van der Waals surface area contributed by atoms with Gasteiger partial charge in [-0.2, -0.15) is 0 Å². The number of fused-ring (bicyclic) bond motifs is 10. The first-order chi connectivity index (χ1) is 16.0. The topological polar surface area (TPSA) is 87.2 Å². The number of rotatable bonds is 0. The molecule has 8 atom stereocenters. The third-order valence-electron chi connectivity index (χ3n) is 11.0. The minimum Gasteiger partial charge on any atom is -0.390 e. The van der Waals surface area contributed by atoms with E-state index in [1.807, 2.05) is 13.8 Å². The highest BCUT2D eigenvalue weighted by Crippen LogP contribution is 2.73. The summed E-state index contributed by atoms with van der Waals surface area (Å²) < 4.78 is 19.3. The fourth-order valence-corrected chi connectivity index (χ4v) is 9.14. The standard InChI is InChI=1S/C28H33NO5/c1-23(2)22-26(14-32-26)13-19-27(33-22,34-23)10-9-24(3)25(4)15(12-20(30)28(19,24)31)11-17-16-7-5-6-8-18(16)29-21(17)25/h5-8,13,15,20,22,29-31H,9-12,14H2,1-4H3/t15-,20+,22-,24-,25-,26+,27+,28+/m1/s1. The van der Waals surface area contributed by atoms with Gasteiger partial charge < -0.3 is 29.4 Å². The number of nitrogens with one attached hydrogen (secondary N) is 1. The summed E-state index contributed by atoms with van der Waals surface area (Å²) in [5, 5.41) is 25.8. The molecule has 180 valence electrons. The fraction of sp³-hybridized carbons (Fsp3) is 0.643. The molecule has 2 saturated heterocycles. The maximum atomic E-state index is 12.8. The van der Waals surface area contributed by atoms with E-state index in [1.54, 1.807) is 0 Å². The molecule has 1 aromatic heterocycles. The van der Waals surface area contributed by atoms with Crippen molar-refractivity contribution in [3.05, 3.63) is 47.2 Å². The third-order valence-corrected chi connectivity index (χ3v) is 11.0. The number of ether oxygens (including phenoxy) is 3. The van der Waals surface area contributed by atoms with E-state index in [-0.39, 0.29) is 17.4 Å². The van der Waals surface area contributed by atoms with E-state index < -0.39 is 34.1 Å². The van der Waals surface area contributed by atoms with Crippen LogP contribution in [-0.2, 0) is 26.0 Å². The lowest BCUT2D eigenvalue weighted by atomic mass is 9.41. The number of hydrogen-bond acceptors (Lipinski definition) is 5. The van der Waals surface area contributed by atoms with Crippen LogP contribution in [0, 0.1) is 11.3 Å². The van der Waals surface area contributed by atoms with Gasteiger partial charge in [-0.15, -0.1) is 0 Å². The first kappa shape index (κ1) is 20.5. The largest absolute Gasteiger partial charge is 0.390 e. The molecule has 0 unspecified atom stereocenters. The Morgan fingerprint density at radius 2 is 1.85 bits per heavy atom. The molecule has 4 fully saturated rings. The van der Waals surface area contributed by atoms with Crippen LogP contribution in [0.25, 0.3) is 10.9 Å². The molecule has 6 nitrogen and oxygen atoms in total. The summed E-state index contributed by atoms with van der Waals surface area (Å²) in [7, 11) is 0. The quantitative estimate of drug-likeness (QED) is 0.411. The van der Waals surface area contributed by atoms with E-state index in [1.165, 1.54) is 16.6 Å². The molecule has 3 aliphatic heterocycles. The van der Waals surface area contributed by atoms with E-state index in [2.05, 4.69) is 49.2 Å². The summed E-state index contributed by atoms with van der Waals surface area (Å²) in [5.41, 5.74) is 0.845. The zero-order chi connectivity index (χ0) is 23.5. The number of benzene rings is 1. The molecule has 0 amide bonds. The lowest BCUT2D eigenvalue weighted by Gasteiger charge is -2.67. The second-order valence-electron chi connectivity index (χ2n) is 12.7. The van der Waals surface area contributed by atoms with Crippen LogP contribution in [-0.4, -0.2) is 56.6 Å². The van der Waals surface area contributed by atoms with Crippen molar-refractivity contribution in [2.75, 3.05) is 6.61 Å². The van der Waals surface area contributed by atoms with Crippen LogP contribution < -0.4 is 0 Å². The van der Waals surface area contributed by atoms with Gasteiger partial charge in [0.1, 0.15) is 17.3 Å². The molecule has 2 spiro atoms. The van der Waals surface area contributed by atoms with E-state index in [4.69, 9.17) is 14.2 Å². The van der Waals surface area contributed by atoms with E-state index in [0.717, 1.165) is 11.9 Å². The second-order valence-corrected chi connectivity index (χ2v) is 12.7. The molecule has 3 N–H and O–H groups in total. The highest BCUT2D eigenvalue weighted by molar-refractivity contribution is 5.86. The van der Waals surface area contributed by atoms with Crippen LogP contribution >= 0.6 is 0 Å². The Balaban J connectivity index is 1.36. The van der Waals surface area contributed by atoms with E-state index in [9.17, 15) is 10.2 Å². The van der Waals surface area contributed by atoms with Crippen LogP contribution in [0.3, 0.4) is 0 Å². The van der Waals surface area contributed by atoms with Gasteiger partial charge in [-0.25, -0.2) is 0 Å². The Morgan fingerprint density at radius 3 is 2.62 bits per heavy atom. The van der Waals surface area contributed by atoms with Crippen molar-refractivity contribution in [2.24, 2.45) is 11.3 Å². The van der Waals surface area contributed by atoms with Crippen LogP contribution in [0.1, 0.15) is 58.2 Å². The van der Waals surface area contributed by atoms with Crippen molar-refractivity contribution >= 4 is 10.9 Å². The van der Waals surface area contributed by atoms with Crippen molar-refractivity contribution in [2.45, 2.75) is 93.6 Å². The van der Waals surface area contributed by atoms with Crippen molar-refractivity contribution < 1.29 is 24.4 Å². The first-order valence-electron chi connectivity index (χ1n) is 12.8. The molecule has 6 aliphatic rings. The summed E-state index contributed by atoms with van der Waals surface area (Å²) in [6.45, 7) is 9.14. The Bertz CT molecular complexity index is 1310. The van der Waals surface area contributed by atoms with Crippen LogP contribution in [0.4, 0.5) is 0 Å². The molecule has 1 aromatic carbocycles. The van der Waals surface area contributed by atoms with Crippen LogP contribution in [0.2, 0.25) is 0 Å². The summed E-state index contributed by atoms with van der Waals surface area (Å²) in [5.74, 6) is -0.760. The van der Waals surface area contributed by atoms with Gasteiger partial charge in [-0.1, -0.05) is 32.0 Å². The third kappa shape index (κ3) is 1.89. The molecule has 2 aromatic rings. The predicted molar refractivity (Wildman–Crippen MR) is 125 cm³/mol. The van der Waals surface area contributed by atoms with Gasteiger partial charge in [-0.05, 0) is 56.7 Å². The van der Waals surface area contributed by atoms with Gasteiger partial charge in [0.05, 0.1) is 18.3 Å². The molecule has 3 aliphatic carbocycles. The Labute approximate surface area is 199 Å². The van der Waals surface area contributed by atoms with E-state index in [0.29, 0.717) is 31.4 Å². The van der Waals surface area contributed by atoms with Crippen molar-refractivity contribution in [3.63, 3.8) is 0 Å². The monoisotopic (exact) mass is 463 g/mol. The number of H-pyrrole nitrogens is 1. The average Bonchev–Trinajstić information content (AvgIpc) is 3.28. The second kappa shape index (κ2) is 5.50. The molecule has 4 heterocycles. The van der Waals surface area contributed by atoms with Gasteiger partial charge in [0, 0.05) is 39.4 Å². The number of hydrogen-bond donors (Lipinski definition) is 3. The number of para-hydroxylation sites is 1. The number of aliphatic hydroxyl groups excluding tert-OH is 1. The number of aliphatic hydroxyl groups is 2. The summed E-state index contributed by atoms with van der Waals surface area (Å²) in [6.07, 6.45) is 3.76. The minimum absolute atomic E-state index is 0.215. The van der Waals surface area contributed by atoms with Crippen LogP contribution in [0.5, 0.6) is 0 Å². The maximum Gasteiger partial charge on any atom is 0.195 e. The zero-order valence-electron chi connectivity index (χ0n) is 20.3. The Kier molecular flexibility index (Phi) is 3.31.